The summed E-state index contributed by atoms with van der Waals surface area (Å²) < 4.78 is 5.07. The second kappa shape index (κ2) is 6.27. The Bertz CT molecular complexity index is 792. The molecular weight excluding hydrogens is 308 g/mol. The minimum atomic E-state index is -1.10. The van der Waals surface area contributed by atoms with Gasteiger partial charge < -0.3 is 14.8 Å². The summed E-state index contributed by atoms with van der Waals surface area (Å²) >= 11 is 1.06. The van der Waals surface area contributed by atoms with Gasteiger partial charge in [-0.3, -0.25) is 4.79 Å². The van der Waals surface area contributed by atoms with Crippen molar-refractivity contribution in [2.45, 2.75) is 39.7 Å². The lowest BCUT2D eigenvalue weighted by molar-refractivity contribution is -0.139. The van der Waals surface area contributed by atoms with Gasteiger partial charge in [-0.15, -0.1) is 11.3 Å². The monoisotopic (exact) mass is 324 g/mol. The van der Waals surface area contributed by atoms with Crippen LogP contribution in [0.5, 0.6) is 0 Å². The highest BCUT2D eigenvalue weighted by Crippen LogP contribution is 2.27. The molecule has 2 N–H and O–H groups in total. The summed E-state index contributed by atoms with van der Waals surface area (Å²) in [5, 5.41) is 11.7. The molecule has 0 bridgehead atoms. The average Bonchev–Trinajstić information content (AvgIpc) is 2.81. The SMILES string of the molecule is CCc1nc2sc(C(=O)NC(CC)C(=O)O)c(C)c2c(=O)o1. The van der Waals surface area contributed by atoms with E-state index in [2.05, 4.69) is 10.3 Å². The minimum Gasteiger partial charge on any atom is -0.480 e. The zero-order valence-corrected chi connectivity index (χ0v) is 13.2. The van der Waals surface area contributed by atoms with E-state index in [-0.39, 0.29) is 16.7 Å². The molecule has 1 unspecified atom stereocenters. The van der Waals surface area contributed by atoms with Gasteiger partial charge in [0.25, 0.3) is 5.91 Å². The van der Waals surface area contributed by atoms with Crippen LogP contribution >= 0.6 is 11.3 Å². The standard InChI is InChI=1S/C14H16N2O5S/c1-4-7(13(18)19)15-11(17)10-6(3)9-12(22-10)16-8(5-2)21-14(9)20/h7H,4-5H2,1-3H3,(H,15,17)(H,18,19). The van der Waals surface area contributed by atoms with Crippen molar-refractivity contribution < 1.29 is 19.1 Å². The Kier molecular flexibility index (Phi) is 4.60. The van der Waals surface area contributed by atoms with Crippen LogP contribution in [0.1, 0.15) is 41.4 Å². The van der Waals surface area contributed by atoms with Gasteiger partial charge in [-0.05, 0) is 18.9 Å². The lowest BCUT2D eigenvalue weighted by Crippen LogP contribution is -2.40. The van der Waals surface area contributed by atoms with E-state index in [1.807, 2.05) is 6.92 Å². The molecule has 0 radical (unpaired) electrons. The van der Waals surface area contributed by atoms with Crippen molar-refractivity contribution in [3.05, 3.63) is 26.8 Å². The number of nitrogens with zero attached hydrogens (tertiary/aromatic N) is 1. The maximum absolute atomic E-state index is 12.3. The summed E-state index contributed by atoms with van der Waals surface area (Å²) in [4.78, 5) is 40.1. The van der Waals surface area contributed by atoms with Crippen molar-refractivity contribution >= 4 is 33.4 Å². The zero-order chi connectivity index (χ0) is 16.4. The van der Waals surface area contributed by atoms with E-state index in [0.717, 1.165) is 11.3 Å². The van der Waals surface area contributed by atoms with Gasteiger partial charge in [-0.2, -0.15) is 0 Å². The van der Waals surface area contributed by atoms with Crippen molar-refractivity contribution in [3.63, 3.8) is 0 Å². The molecule has 0 aliphatic heterocycles. The van der Waals surface area contributed by atoms with Crippen LogP contribution in [-0.2, 0) is 11.2 Å². The van der Waals surface area contributed by atoms with Gasteiger partial charge in [-0.25, -0.2) is 14.6 Å². The molecule has 0 aliphatic carbocycles. The number of hydrogen-bond acceptors (Lipinski definition) is 6. The van der Waals surface area contributed by atoms with Gasteiger partial charge >= 0.3 is 11.6 Å². The molecule has 22 heavy (non-hydrogen) atoms. The highest BCUT2D eigenvalue weighted by molar-refractivity contribution is 7.20. The molecule has 1 atom stereocenters. The number of aliphatic carboxylic acids is 1. The van der Waals surface area contributed by atoms with Crippen LogP contribution in [0.15, 0.2) is 9.21 Å². The largest absolute Gasteiger partial charge is 0.480 e. The summed E-state index contributed by atoms with van der Waals surface area (Å²) in [5.74, 6) is -1.31. The van der Waals surface area contributed by atoms with Crippen LogP contribution in [0.2, 0.25) is 0 Å². The number of amides is 1. The van der Waals surface area contributed by atoms with Gasteiger partial charge in [0.1, 0.15) is 16.3 Å². The average molecular weight is 324 g/mol. The first-order chi connectivity index (χ1) is 10.4. The molecule has 0 fully saturated rings. The zero-order valence-electron chi connectivity index (χ0n) is 12.4. The number of nitrogens with one attached hydrogen (secondary N) is 1. The predicted octanol–water partition coefficient (Wildman–Crippen LogP) is 1.71. The highest BCUT2D eigenvalue weighted by Gasteiger charge is 2.24. The van der Waals surface area contributed by atoms with Gasteiger partial charge in [0.05, 0.1) is 4.88 Å². The van der Waals surface area contributed by atoms with E-state index in [1.165, 1.54) is 0 Å². The molecule has 2 aromatic heterocycles. The molecule has 7 nitrogen and oxygen atoms in total. The van der Waals surface area contributed by atoms with Crippen LogP contribution in [0, 0.1) is 6.92 Å². The first kappa shape index (κ1) is 16.2. The van der Waals surface area contributed by atoms with Crippen LogP contribution in [-0.4, -0.2) is 28.0 Å². The smallest absolute Gasteiger partial charge is 0.348 e. The number of carboxylic acid groups (broad SMARTS) is 1. The Morgan fingerprint density at radius 2 is 2.09 bits per heavy atom. The maximum atomic E-state index is 12.3. The third kappa shape index (κ3) is 2.87. The van der Waals surface area contributed by atoms with Crippen molar-refractivity contribution in [2.75, 3.05) is 0 Å². The molecule has 2 heterocycles. The van der Waals surface area contributed by atoms with Crippen LogP contribution < -0.4 is 10.9 Å². The minimum absolute atomic E-state index is 0.269. The van der Waals surface area contributed by atoms with Gasteiger partial charge in [0.15, 0.2) is 5.89 Å². The van der Waals surface area contributed by atoms with E-state index >= 15 is 0 Å². The maximum Gasteiger partial charge on any atom is 0.348 e. The number of carbonyl (C=O) groups excluding carboxylic acids is 1. The fourth-order valence-electron chi connectivity index (χ4n) is 2.04. The van der Waals surface area contributed by atoms with Crippen molar-refractivity contribution in [3.8, 4) is 0 Å². The Labute approximate surface area is 130 Å². The van der Waals surface area contributed by atoms with Crippen LogP contribution in [0.4, 0.5) is 0 Å². The number of hydrogen-bond donors (Lipinski definition) is 2. The molecule has 2 rings (SSSR count). The van der Waals surface area contributed by atoms with E-state index in [0.29, 0.717) is 22.7 Å². The topological polar surface area (TPSA) is 110 Å². The van der Waals surface area contributed by atoms with Gasteiger partial charge in [0, 0.05) is 6.42 Å². The lowest BCUT2D eigenvalue weighted by Gasteiger charge is -2.11. The number of rotatable bonds is 5. The molecule has 2 aromatic rings. The third-order valence-corrected chi connectivity index (χ3v) is 4.47. The Hall–Kier alpha value is -2.22. The molecule has 0 saturated heterocycles. The Morgan fingerprint density at radius 1 is 1.41 bits per heavy atom. The first-order valence-electron chi connectivity index (χ1n) is 6.85. The summed E-state index contributed by atoms with van der Waals surface area (Å²) in [7, 11) is 0. The van der Waals surface area contributed by atoms with Crippen molar-refractivity contribution in [2.24, 2.45) is 0 Å². The van der Waals surface area contributed by atoms with Crippen molar-refractivity contribution in [1.82, 2.24) is 10.3 Å². The van der Waals surface area contributed by atoms with E-state index < -0.39 is 23.5 Å². The molecular formula is C14H16N2O5S. The second-order valence-electron chi connectivity index (χ2n) is 4.76. The first-order valence-corrected chi connectivity index (χ1v) is 7.67. The number of carbonyl (C=O) groups is 2. The Morgan fingerprint density at radius 3 is 2.64 bits per heavy atom. The van der Waals surface area contributed by atoms with Crippen molar-refractivity contribution in [1.29, 1.82) is 0 Å². The number of aromatic nitrogens is 1. The fourth-order valence-corrected chi connectivity index (χ4v) is 3.13. The van der Waals surface area contributed by atoms with E-state index in [9.17, 15) is 14.4 Å². The van der Waals surface area contributed by atoms with Gasteiger partial charge in [0.2, 0.25) is 0 Å². The normalized spacial score (nSPS) is 12.3. The predicted molar refractivity (Wildman–Crippen MR) is 81.5 cm³/mol. The lowest BCUT2D eigenvalue weighted by atomic mass is 10.2. The second-order valence-corrected chi connectivity index (χ2v) is 5.76. The molecule has 0 aliphatic rings. The number of carboxylic acids is 1. The molecule has 1 amide bonds. The molecule has 8 heteroatoms. The third-order valence-electron chi connectivity index (χ3n) is 3.29. The fraction of sp³-hybridized carbons (Fsp3) is 0.429. The summed E-state index contributed by atoms with van der Waals surface area (Å²) in [6.45, 7) is 5.10. The number of aryl methyl sites for hydroxylation is 2. The van der Waals surface area contributed by atoms with Crippen LogP contribution in [0.3, 0.4) is 0 Å². The van der Waals surface area contributed by atoms with Crippen LogP contribution in [0.25, 0.3) is 10.2 Å². The molecule has 118 valence electrons. The van der Waals surface area contributed by atoms with E-state index in [4.69, 9.17) is 9.52 Å². The quantitative estimate of drug-likeness (QED) is 0.866. The summed E-state index contributed by atoms with van der Waals surface area (Å²) in [5.41, 5.74) is -0.0680. The summed E-state index contributed by atoms with van der Waals surface area (Å²) in [6.07, 6.45) is 0.742. The summed E-state index contributed by atoms with van der Waals surface area (Å²) in [6, 6.07) is -0.965. The molecule has 0 spiro atoms. The number of thiophene rings is 1. The molecule has 0 saturated carbocycles. The van der Waals surface area contributed by atoms with Gasteiger partial charge in [-0.1, -0.05) is 13.8 Å². The van der Waals surface area contributed by atoms with E-state index in [1.54, 1.807) is 13.8 Å². The number of fused-ring (bicyclic) bond motifs is 1. The Balaban J connectivity index is 2.46. The highest BCUT2D eigenvalue weighted by atomic mass is 32.1. The molecule has 0 aromatic carbocycles.